The quantitative estimate of drug-likeness (QED) is 0.703. The summed E-state index contributed by atoms with van der Waals surface area (Å²) < 4.78 is 2.36. The fourth-order valence-corrected chi connectivity index (χ4v) is 1.38. The van der Waals surface area contributed by atoms with Crippen LogP contribution in [0.2, 0.25) is 0 Å². The highest BCUT2D eigenvalue weighted by atomic mass is 79.9. The zero-order valence-corrected chi connectivity index (χ0v) is 8.18. The highest BCUT2D eigenvalue weighted by Gasteiger charge is 2.00. The smallest absolute Gasteiger partial charge is 0.265 e. The van der Waals surface area contributed by atoms with E-state index < -0.39 is 0 Å². The summed E-state index contributed by atoms with van der Waals surface area (Å²) in [5.41, 5.74) is 1.05. The minimum atomic E-state index is 0.0486. The summed E-state index contributed by atoms with van der Waals surface area (Å²) in [7, 11) is 0. The Hall–Kier alpha value is -0.570. The summed E-state index contributed by atoms with van der Waals surface area (Å²) >= 11 is 3.19. The van der Waals surface area contributed by atoms with Gasteiger partial charge in [-0.1, -0.05) is 0 Å². The third kappa shape index (κ3) is 1.53. The molecular formula is C8H10BrNO. The highest BCUT2D eigenvalue weighted by Crippen LogP contribution is 2.03. The summed E-state index contributed by atoms with van der Waals surface area (Å²) in [6.45, 7) is 4.61. The molecule has 0 atom stereocenters. The van der Waals surface area contributed by atoms with Crippen LogP contribution < -0.4 is 5.56 Å². The molecule has 3 heteroatoms. The second kappa shape index (κ2) is 3.22. The van der Waals surface area contributed by atoms with Crippen molar-refractivity contribution in [3.63, 3.8) is 0 Å². The van der Waals surface area contributed by atoms with E-state index in [0.717, 1.165) is 12.2 Å². The Morgan fingerprint density at radius 1 is 1.55 bits per heavy atom. The average molecular weight is 216 g/mol. The Bertz CT molecular complexity index is 316. The second-order valence-corrected chi connectivity index (χ2v) is 3.23. The van der Waals surface area contributed by atoms with Crippen LogP contribution in [0.3, 0.4) is 0 Å². The zero-order chi connectivity index (χ0) is 8.43. The van der Waals surface area contributed by atoms with Crippen LogP contribution in [0, 0.1) is 6.92 Å². The van der Waals surface area contributed by atoms with Gasteiger partial charge in [0.25, 0.3) is 5.56 Å². The first-order chi connectivity index (χ1) is 5.16. The number of rotatable bonds is 1. The number of halogens is 1. The summed E-state index contributed by atoms with van der Waals surface area (Å²) in [6, 6.07) is 3.71. The van der Waals surface area contributed by atoms with Crippen molar-refractivity contribution in [2.75, 3.05) is 0 Å². The standard InChI is InChI=1S/C8H10BrNO/c1-3-10-6(2)4-5-7(9)8(10)11/h4-5H,3H2,1-2H3. The van der Waals surface area contributed by atoms with E-state index in [9.17, 15) is 4.79 Å². The molecule has 0 bridgehead atoms. The van der Waals surface area contributed by atoms with Gasteiger partial charge in [0.15, 0.2) is 0 Å². The van der Waals surface area contributed by atoms with Gasteiger partial charge in [-0.05, 0) is 41.9 Å². The first-order valence-electron chi connectivity index (χ1n) is 3.52. The molecule has 0 unspecified atom stereocenters. The molecular weight excluding hydrogens is 206 g/mol. The molecule has 1 heterocycles. The van der Waals surface area contributed by atoms with Crippen molar-refractivity contribution >= 4 is 15.9 Å². The lowest BCUT2D eigenvalue weighted by Gasteiger charge is -2.05. The van der Waals surface area contributed by atoms with Crippen LogP contribution in [-0.2, 0) is 6.54 Å². The number of aryl methyl sites for hydroxylation is 1. The van der Waals surface area contributed by atoms with Crippen molar-refractivity contribution in [1.29, 1.82) is 0 Å². The van der Waals surface area contributed by atoms with Gasteiger partial charge in [-0.3, -0.25) is 4.79 Å². The van der Waals surface area contributed by atoms with Gasteiger partial charge in [0.2, 0.25) is 0 Å². The first kappa shape index (κ1) is 8.53. The van der Waals surface area contributed by atoms with E-state index >= 15 is 0 Å². The van der Waals surface area contributed by atoms with Crippen LogP contribution in [0.5, 0.6) is 0 Å². The predicted molar refractivity (Wildman–Crippen MR) is 48.8 cm³/mol. The maximum absolute atomic E-state index is 11.3. The molecule has 1 aromatic heterocycles. The van der Waals surface area contributed by atoms with E-state index in [1.54, 1.807) is 10.6 Å². The summed E-state index contributed by atoms with van der Waals surface area (Å²) in [5.74, 6) is 0. The normalized spacial score (nSPS) is 10.1. The first-order valence-corrected chi connectivity index (χ1v) is 4.32. The third-order valence-corrected chi connectivity index (χ3v) is 2.27. The lowest BCUT2D eigenvalue weighted by molar-refractivity contribution is 0.697. The molecule has 0 aliphatic carbocycles. The van der Waals surface area contributed by atoms with Gasteiger partial charge in [-0.25, -0.2) is 0 Å². The van der Waals surface area contributed by atoms with Gasteiger partial charge in [0.05, 0.1) is 4.47 Å². The van der Waals surface area contributed by atoms with E-state index in [1.807, 2.05) is 19.9 Å². The Balaban J connectivity index is 3.41. The van der Waals surface area contributed by atoms with E-state index in [2.05, 4.69) is 15.9 Å². The average Bonchev–Trinajstić information content (AvgIpc) is 1.99. The molecule has 0 fully saturated rings. The summed E-state index contributed by atoms with van der Waals surface area (Å²) in [5, 5.41) is 0. The molecule has 0 aliphatic heterocycles. The number of hydrogen-bond acceptors (Lipinski definition) is 1. The molecule has 0 saturated carbocycles. The van der Waals surface area contributed by atoms with Gasteiger partial charge in [-0.2, -0.15) is 0 Å². The van der Waals surface area contributed by atoms with Crippen molar-refractivity contribution in [3.05, 3.63) is 32.7 Å². The minimum absolute atomic E-state index is 0.0486. The van der Waals surface area contributed by atoms with Crippen LogP contribution in [0.15, 0.2) is 21.4 Å². The monoisotopic (exact) mass is 215 g/mol. The minimum Gasteiger partial charge on any atom is -0.312 e. The molecule has 0 amide bonds. The number of nitrogens with zero attached hydrogens (tertiary/aromatic N) is 1. The maximum Gasteiger partial charge on any atom is 0.265 e. The van der Waals surface area contributed by atoms with Gasteiger partial charge in [0.1, 0.15) is 0 Å². The van der Waals surface area contributed by atoms with Crippen LogP contribution >= 0.6 is 15.9 Å². The van der Waals surface area contributed by atoms with Gasteiger partial charge in [0, 0.05) is 12.2 Å². The van der Waals surface area contributed by atoms with Gasteiger partial charge in [-0.15, -0.1) is 0 Å². The second-order valence-electron chi connectivity index (χ2n) is 2.37. The van der Waals surface area contributed by atoms with Crippen molar-refractivity contribution in [1.82, 2.24) is 4.57 Å². The van der Waals surface area contributed by atoms with Crippen molar-refractivity contribution in [3.8, 4) is 0 Å². The fourth-order valence-electron chi connectivity index (χ4n) is 1.04. The van der Waals surface area contributed by atoms with Crippen LogP contribution in [0.1, 0.15) is 12.6 Å². The zero-order valence-electron chi connectivity index (χ0n) is 6.60. The van der Waals surface area contributed by atoms with Gasteiger partial charge < -0.3 is 4.57 Å². The van der Waals surface area contributed by atoms with E-state index in [-0.39, 0.29) is 5.56 Å². The number of hydrogen-bond donors (Lipinski definition) is 0. The molecule has 2 nitrogen and oxygen atoms in total. The van der Waals surface area contributed by atoms with Crippen molar-refractivity contribution in [2.24, 2.45) is 0 Å². The van der Waals surface area contributed by atoms with E-state index in [1.165, 1.54) is 0 Å². The summed E-state index contributed by atoms with van der Waals surface area (Å²) in [6.07, 6.45) is 0. The predicted octanol–water partition coefficient (Wildman–Crippen LogP) is 1.94. The van der Waals surface area contributed by atoms with E-state index in [4.69, 9.17) is 0 Å². The fraction of sp³-hybridized carbons (Fsp3) is 0.375. The Labute approximate surface area is 74.0 Å². The SMILES string of the molecule is CCn1c(C)ccc(Br)c1=O. The molecule has 60 valence electrons. The molecule has 11 heavy (non-hydrogen) atoms. The van der Waals surface area contributed by atoms with Gasteiger partial charge >= 0.3 is 0 Å². The Kier molecular flexibility index (Phi) is 2.49. The molecule has 0 saturated heterocycles. The van der Waals surface area contributed by atoms with Crippen molar-refractivity contribution in [2.45, 2.75) is 20.4 Å². The Morgan fingerprint density at radius 2 is 2.18 bits per heavy atom. The third-order valence-electron chi connectivity index (χ3n) is 1.66. The van der Waals surface area contributed by atoms with Crippen LogP contribution in [0.25, 0.3) is 0 Å². The van der Waals surface area contributed by atoms with E-state index in [0.29, 0.717) is 4.47 Å². The van der Waals surface area contributed by atoms with Crippen LogP contribution in [0.4, 0.5) is 0 Å². The molecule has 0 spiro atoms. The lowest BCUT2D eigenvalue weighted by atomic mass is 10.3. The summed E-state index contributed by atoms with van der Waals surface area (Å²) in [4.78, 5) is 11.3. The number of pyridine rings is 1. The molecule has 0 radical (unpaired) electrons. The molecule has 0 aliphatic rings. The molecule has 0 N–H and O–H groups in total. The van der Waals surface area contributed by atoms with Crippen LogP contribution in [-0.4, -0.2) is 4.57 Å². The number of aromatic nitrogens is 1. The Morgan fingerprint density at radius 3 is 2.64 bits per heavy atom. The lowest BCUT2D eigenvalue weighted by Crippen LogP contribution is -2.21. The molecule has 1 aromatic rings. The maximum atomic E-state index is 11.3. The highest BCUT2D eigenvalue weighted by molar-refractivity contribution is 9.10. The van der Waals surface area contributed by atoms with Crippen molar-refractivity contribution < 1.29 is 0 Å². The molecule has 1 rings (SSSR count). The topological polar surface area (TPSA) is 22.0 Å². The largest absolute Gasteiger partial charge is 0.312 e. The molecule has 0 aromatic carbocycles.